The van der Waals surface area contributed by atoms with Crippen molar-refractivity contribution in [1.29, 1.82) is 0 Å². The maximum atomic E-state index is 12.0. The molecule has 0 unspecified atom stereocenters. The molecule has 1 N–H and O–H groups in total. The predicted molar refractivity (Wildman–Crippen MR) is 62.6 cm³/mol. The normalized spacial score (nSPS) is 12.1. The first-order valence-corrected chi connectivity index (χ1v) is 5.13. The van der Waals surface area contributed by atoms with Crippen LogP contribution in [0.15, 0.2) is 35.1 Å². The number of nitrogens with zero attached hydrogens (tertiary/aromatic N) is 5. The molecule has 0 aliphatic rings. The zero-order chi connectivity index (χ0) is 12.5. The van der Waals surface area contributed by atoms with Gasteiger partial charge in [0.05, 0.1) is 12.0 Å². The molecule has 18 heavy (non-hydrogen) atoms. The maximum Gasteiger partial charge on any atom is 0.288 e. The van der Waals surface area contributed by atoms with Crippen molar-refractivity contribution in [2.24, 2.45) is 0 Å². The van der Waals surface area contributed by atoms with Crippen LogP contribution in [0.25, 0.3) is 23.3 Å². The molecule has 2 heterocycles. The van der Waals surface area contributed by atoms with Crippen LogP contribution in [0.1, 0.15) is 0 Å². The van der Waals surface area contributed by atoms with Gasteiger partial charge in [0.15, 0.2) is 0 Å². The predicted octanol–water partition coefficient (Wildman–Crippen LogP) is -0.439. The van der Waals surface area contributed by atoms with Gasteiger partial charge in [0, 0.05) is 5.56 Å². The minimum Gasteiger partial charge on any atom is -0.515 e. The third-order valence-corrected chi connectivity index (χ3v) is 2.52. The van der Waals surface area contributed by atoms with E-state index in [4.69, 9.17) is 0 Å². The number of tetrazole rings is 1. The van der Waals surface area contributed by atoms with Gasteiger partial charge in [0.1, 0.15) is 5.22 Å². The molecule has 3 rings (SSSR count). The lowest BCUT2D eigenvalue weighted by Gasteiger charge is -2.00. The highest BCUT2D eigenvalue weighted by Gasteiger charge is 2.11. The van der Waals surface area contributed by atoms with Crippen LogP contribution in [-0.4, -0.2) is 30.1 Å². The molecule has 0 saturated heterocycles. The van der Waals surface area contributed by atoms with Crippen molar-refractivity contribution in [3.05, 3.63) is 45.9 Å². The first kappa shape index (κ1) is 10.3. The SMILES string of the molecule is O=c1/c(=C\O)c(-c2ccccc2)nc2nnnn12. The second-order valence-corrected chi connectivity index (χ2v) is 3.57. The molecule has 0 atom stereocenters. The Labute approximate surface area is 100 Å². The molecule has 7 nitrogen and oxygen atoms in total. The Morgan fingerprint density at radius 1 is 1.22 bits per heavy atom. The third kappa shape index (κ3) is 1.41. The Hall–Kier alpha value is -2.83. The van der Waals surface area contributed by atoms with Crippen LogP contribution in [0.3, 0.4) is 0 Å². The second-order valence-electron chi connectivity index (χ2n) is 3.57. The molecule has 7 heteroatoms. The van der Waals surface area contributed by atoms with E-state index >= 15 is 0 Å². The summed E-state index contributed by atoms with van der Waals surface area (Å²) in [6.45, 7) is 0. The van der Waals surface area contributed by atoms with Crippen molar-refractivity contribution in [2.75, 3.05) is 0 Å². The molecule has 0 bridgehead atoms. The molecule has 2 aromatic heterocycles. The van der Waals surface area contributed by atoms with Crippen LogP contribution in [0.2, 0.25) is 0 Å². The van der Waals surface area contributed by atoms with Crippen LogP contribution in [0, 0.1) is 0 Å². The van der Waals surface area contributed by atoms with E-state index in [-0.39, 0.29) is 11.0 Å². The van der Waals surface area contributed by atoms with Gasteiger partial charge < -0.3 is 5.11 Å². The smallest absolute Gasteiger partial charge is 0.288 e. The molecule has 0 saturated carbocycles. The van der Waals surface area contributed by atoms with Gasteiger partial charge in [-0.15, -0.1) is 4.52 Å². The zero-order valence-electron chi connectivity index (χ0n) is 9.06. The highest BCUT2D eigenvalue weighted by atomic mass is 16.2. The highest BCUT2D eigenvalue weighted by molar-refractivity contribution is 5.61. The van der Waals surface area contributed by atoms with E-state index in [0.717, 1.165) is 10.8 Å². The molecule has 88 valence electrons. The fourth-order valence-corrected chi connectivity index (χ4v) is 1.69. The standard InChI is InChI=1S/C11H7N5O2/c17-6-8-9(7-4-2-1-3-5-7)12-11-13-14-15-16(11)10(8)18/h1-6,17H/b8-6-. The van der Waals surface area contributed by atoms with Gasteiger partial charge in [0.2, 0.25) is 0 Å². The number of benzene rings is 1. The second kappa shape index (κ2) is 3.88. The zero-order valence-corrected chi connectivity index (χ0v) is 9.06. The lowest BCUT2D eigenvalue weighted by molar-refractivity contribution is 0.539. The number of aliphatic hydroxyl groups excluding tert-OH is 1. The Balaban J connectivity index is 2.46. The summed E-state index contributed by atoms with van der Waals surface area (Å²) < 4.78 is 0.939. The Morgan fingerprint density at radius 2 is 2.00 bits per heavy atom. The summed E-state index contributed by atoms with van der Waals surface area (Å²) in [4.78, 5) is 16.2. The van der Waals surface area contributed by atoms with E-state index in [1.165, 1.54) is 0 Å². The highest BCUT2D eigenvalue weighted by Crippen LogP contribution is 2.11. The minimum atomic E-state index is -0.508. The van der Waals surface area contributed by atoms with E-state index in [2.05, 4.69) is 20.5 Å². The molecular formula is C11H7N5O2. The topological polar surface area (TPSA) is 93.3 Å². The number of aromatic nitrogens is 5. The average Bonchev–Trinajstić information content (AvgIpc) is 2.88. The van der Waals surface area contributed by atoms with Crippen molar-refractivity contribution in [3.8, 4) is 11.3 Å². The van der Waals surface area contributed by atoms with E-state index < -0.39 is 5.56 Å². The number of hydrogen-bond acceptors (Lipinski definition) is 6. The maximum absolute atomic E-state index is 12.0. The van der Waals surface area contributed by atoms with Gasteiger partial charge in [-0.1, -0.05) is 35.4 Å². The molecule has 0 aliphatic carbocycles. The number of aliphatic hydroxyl groups is 1. The van der Waals surface area contributed by atoms with Gasteiger partial charge >= 0.3 is 0 Å². The lowest BCUT2D eigenvalue weighted by atomic mass is 10.1. The molecule has 0 radical (unpaired) electrons. The molecule has 0 fully saturated rings. The largest absolute Gasteiger partial charge is 0.515 e. The van der Waals surface area contributed by atoms with Crippen molar-refractivity contribution in [1.82, 2.24) is 25.0 Å². The molecule has 3 aromatic rings. The lowest BCUT2D eigenvalue weighted by Crippen LogP contribution is -2.34. The van der Waals surface area contributed by atoms with E-state index in [9.17, 15) is 9.90 Å². The van der Waals surface area contributed by atoms with Crippen molar-refractivity contribution in [3.63, 3.8) is 0 Å². The average molecular weight is 241 g/mol. The minimum absolute atomic E-state index is 0.0565. The number of hydrogen-bond donors (Lipinski definition) is 1. The van der Waals surface area contributed by atoms with E-state index in [1.54, 1.807) is 12.1 Å². The summed E-state index contributed by atoms with van der Waals surface area (Å²) >= 11 is 0. The van der Waals surface area contributed by atoms with Crippen LogP contribution < -0.4 is 10.8 Å². The van der Waals surface area contributed by atoms with Crippen molar-refractivity contribution in [2.45, 2.75) is 0 Å². The summed E-state index contributed by atoms with van der Waals surface area (Å²) in [5.74, 6) is 0.101. The summed E-state index contributed by atoms with van der Waals surface area (Å²) in [5.41, 5.74) is 0.553. The summed E-state index contributed by atoms with van der Waals surface area (Å²) in [6, 6.07) is 9.05. The van der Waals surface area contributed by atoms with Gasteiger partial charge in [-0.2, -0.15) is 0 Å². The van der Waals surface area contributed by atoms with Gasteiger partial charge in [0.25, 0.3) is 11.3 Å². The Bertz CT molecular complexity index is 813. The molecule has 1 aromatic carbocycles. The van der Waals surface area contributed by atoms with Crippen molar-refractivity contribution < 1.29 is 5.11 Å². The number of fused-ring (bicyclic) bond motifs is 1. The van der Waals surface area contributed by atoms with E-state index in [1.807, 2.05) is 18.2 Å². The molecule has 0 spiro atoms. The quantitative estimate of drug-likeness (QED) is 0.621. The Morgan fingerprint density at radius 3 is 2.72 bits per heavy atom. The van der Waals surface area contributed by atoms with Crippen LogP contribution >= 0.6 is 0 Å². The fraction of sp³-hybridized carbons (Fsp3) is 0. The fourth-order valence-electron chi connectivity index (χ4n) is 1.69. The number of rotatable bonds is 1. The summed E-state index contributed by atoms with van der Waals surface area (Å²) in [5, 5.41) is 19.8. The summed E-state index contributed by atoms with van der Waals surface area (Å²) in [7, 11) is 0. The van der Waals surface area contributed by atoms with Crippen LogP contribution in [0.4, 0.5) is 0 Å². The molecular weight excluding hydrogens is 234 g/mol. The summed E-state index contributed by atoms with van der Waals surface area (Å²) in [6.07, 6.45) is 0.721. The van der Waals surface area contributed by atoms with Crippen LogP contribution in [-0.2, 0) is 0 Å². The van der Waals surface area contributed by atoms with Gasteiger partial charge in [-0.05, 0) is 10.4 Å². The molecule has 0 aliphatic heterocycles. The Kier molecular flexibility index (Phi) is 2.23. The first-order valence-electron chi connectivity index (χ1n) is 5.13. The van der Waals surface area contributed by atoms with Crippen LogP contribution in [0.5, 0.6) is 0 Å². The van der Waals surface area contributed by atoms with Crippen molar-refractivity contribution >= 4 is 12.0 Å². The van der Waals surface area contributed by atoms with E-state index in [0.29, 0.717) is 11.3 Å². The van der Waals surface area contributed by atoms with Gasteiger partial charge in [-0.25, -0.2) is 4.98 Å². The third-order valence-electron chi connectivity index (χ3n) is 2.52. The monoisotopic (exact) mass is 241 g/mol. The van der Waals surface area contributed by atoms with Gasteiger partial charge in [-0.3, -0.25) is 4.79 Å². The molecule has 0 amide bonds. The first-order chi connectivity index (χ1) is 8.81.